The number of hydrogen-bond donors (Lipinski definition) is 1. The molecule has 0 saturated heterocycles. The normalized spacial score (nSPS) is 13.8. The van der Waals surface area contributed by atoms with E-state index in [0.717, 1.165) is 0 Å². The zero-order valence-electron chi connectivity index (χ0n) is 7.19. The maximum absolute atomic E-state index is 11.5. The lowest BCUT2D eigenvalue weighted by Crippen LogP contribution is -2.26. The van der Waals surface area contributed by atoms with E-state index in [0.29, 0.717) is 0 Å². The fourth-order valence-corrected chi connectivity index (χ4v) is 0.663. The SMILES string of the molecule is CNC(C#N)CCOCC(F)(F)F. The number of nitriles is 1. The van der Waals surface area contributed by atoms with Crippen LogP contribution in [-0.4, -0.2) is 32.5 Å². The lowest BCUT2D eigenvalue weighted by molar-refractivity contribution is -0.174. The van der Waals surface area contributed by atoms with Gasteiger partial charge < -0.3 is 10.1 Å². The highest BCUT2D eigenvalue weighted by atomic mass is 19.4. The quantitative estimate of drug-likeness (QED) is 0.669. The molecule has 0 rings (SSSR count). The summed E-state index contributed by atoms with van der Waals surface area (Å²) in [6.07, 6.45) is -4.04. The second kappa shape index (κ2) is 5.78. The van der Waals surface area contributed by atoms with Crippen LogP contribution in [0.15, 0.2) is 0 Å². The van der Waals surface area contributed by atoms with E-state index in [9.17, 15) is 13.2 Å². The van der Waals surface area contributed by atoms with E-state index in [1.807, 2.05) is 6.07 Å². The Morgan fingerprint density at radius 3 is 2.54 bits per heavy atom. The smallest absolute Gasteiger partial charge is 0.372 e. The van der Waals surface area contributed by atoms with Crippen LogP contribution >= 0.6 is 0 Å². The number of nitrogens with one attached hydrogen (secondary N) is 1. The zero-order valence-corrected chi connectivity index (χ0v) is 7.19. The first kappa shape index (κ1) is 12.2. The number of halogens is 3. The number of alkyl halides is 3. The molecule has 3 nitrogen and oxygen atoms in total. The third-order valence-corrected chi connectivity index (χ3v) is 1.32. The minimum absolute atomic E-state index is 0.0709. The summed E-state index contributed by atoms with van der Waals surface area (Å²) in [6, 6.07) is 1.43. The van der Waals surface area contributed by atoms with Crippen LogP contribution in [0.5, 0.6) is 0 Å². The van der Waals surface area contributed by atoms with Crippen LogP contribution in [0.2, 0.25) is 0 Å². The third-order valence-electron chi connectivity index (χ3n) is 1.32. The van der Waals surface area contributed by atoms with Crippen molar-refractivity contribution in [1.29, 1.82) is 5.26 Å². The van der Waals surface area contributed by atoms with Gasteiger partial charge in [-0.2, -0.15) is 18.4 Å². The monoisotopic (exact) mass is 196 g/mol. The predicted molar refractivity (Wildman–Crippen MR) is 40.0 cm³/mol. The molecule has 0 spiro atoms. The summed E-state index contributed by atoms with van der Waals surface area (Å²) >= 11 is 0. The van der Waals surface area contributed by atoms with Crippen LogP contribution in [-0.2, 0) is 4.74 Å². The molecular weight excluding hydrogens is 185 g/mol. The third kappa shape index (κ3) is 7.56. The molecule has 0 aliphatic carbocycles. The summed E-state index contributed by atoms with van der Waals surface area (Å²) < 4.78 is 38.9. The zero-order chi connectivity index (χ0) is 10.3. The molecule has 13 heavy (non-hydrogen) atoms. The first-order valence-electron chi connectivity index (χ1n) is 3.71. The molecule has 1 N–H and O–H groups in total. The molecule has 0 amide bonds. The molecule has 0 bridgehead atoms. The summed E-state index contributed by atoms with van der Waals surface area (Å²) in [5.41, 5.74) is 0. The molecule has 76 valence electrons. The summed E-state index contributed by atoms with van der Waals surface area (Å²) in [4.78, 5) is 0. The summed E-state index contributed by atoms with van der Waals surface area (Å²) in [7, 11) is 1.57. The first-order chi connectivity index (χ1) is 5.99. The average molecular weight is 196 g/mol. The molecule has 0 fully saturated rings. The number of hydrogen-bond acceptors (Lipinski definition) is 3. The van der Waals surface area contributed by atoms with Crippen molar-refractivity contribution in [2.45, 2.75) is 18.6 Å². The standard InChI is InChI=1S/C7H11F3N2O/c1-12-6(4-11)2-3-13-5-7(8,9)10/h6,12H,2-3,5H2,1H3. The van der Waals surface area contributed by atoms with Crippen LogP contribution in [0.1, 0.15) is 6.42 Å². The van der Waals surface area contributed by atoms with Gasteiger partial charge in [-0.05, 0) is 13.5 Å². The van der Waals surface area contributed by atoms with Crippen LogP contribution in [0.25, 0.3) is 0 Å². The highest BCUT2D eigenvalue weighted by molar-refractivity contribution is 4.87. The number of nitrogens with zero attached hydrogens (tertiary/aromatic N) is 1. The van der Waals surface area contributed by atoms with Crippen molar-refractivity contribution in [1.82, 2.24) is 5.32 Å². The second-order valence-electron chi connectivity index (χ2n) is 2.43. The van der Waals surface area contributed by atoms with Gasteiger partial charge in [-0.15, -0.1) is 0 Å². The molecule has 1 unspecified atom stereocenters. The molecule has 6 heteroatoms. The lowest BCUT2D eigenvalue weighted by Gasteiger charge is -2.09. The maximum atomic E-state index is 11.5. The van der Waals surface area contributed by atoms with E-state index < -0.39 is 18.8 Å². The fraction of sp³-hybridized carbons (Fsp3) is 0.857. The summed E-state index contributed by atoms with van der Waals surface area (Å²) in [6.45, 7) is -1.33. The second-order valence-corrected chi connectivity index (χ2v) is 2.43. The topological polar surface area (TPSA) is 45.0 Å². The minimum Gasteiger partial charge on any atom is -0.372 e. The number of rotatable bonds is 5. The van der Waals surface area contributed by atoms with Crippen molar-refractivity contribution in [2.75, 3.05) is 20.3 Å². The van der Waals surface area contributed by atoms with E-state index in [4.69, 9.17) is 5.26 Å². The van der Waals surface area contributed by atoms with E-state index in [2.05, 4.69) is 10.1 Å². The Labute approximate surface area is 74.5 Å². The molecule has 0 heterocycles. The Hall–Kier alpha value is -0.800. The van der Waals surface area contributed by atoms with Crippen molar-refractivity contribution in [2.24, 2.45) is 0 Å². The largest absolute Gasteiger partial charge is 0.411 e. The molecule has 0 aromatic rings. The van der Waals surface area contributed by atoms with Gasteiger partial charge >= 0.3 is 6.18 Å². The van der Waals surface area contributed by atoms with Crippen LogP contribution in [0, 0.1) is 11.3 Å². The maximum Gasteiger partial charge on any atom is 0.411 e. The first-order valence-corrected chi connectivity index (χ1v) is 3.71. The van der Waals surface area contributed by atoms with E-state index in [1.165, 1.54) is 0 Å². The Morgan fingerprint density at radius 2 is 2.15 bits per heavy atom. The van der Waals surface area contributed by atoms with E-state index >= 15 is 0 Å². The van der Waals surface area contributed by atoms with Gasteiger partial charge in [-0.1, -0.05) is 0 Å². The summed E-state index contributed by atoms with van der Waals surface area (Å²) in [5.74, 6) is 0. The molecule has 0 aromatic carbocycles. The van der Waals surface area contributed by atoms with Crippen LogP contribution in [0.4, 0.5) is 13.2 Å². The van der Waals surface area contributed by atoms with Crippen molar-refractivity contribution < 1.29 is 17.9 Å². The Bertz CT molecular complexity index is 176. The van der Waals surface area contributed by atoms with Gasteiger partial charge in [-0.3, -0.25) is 0 Å². The van der Waals surface area contributed by atoms with Gasteiger partial charge in [0.1, 0.15) is 6.61 Å². The lowest BCUT2D eigenvalue weighted by atomic mass is 10.2. The average Bonchev–Trinajstić information content (AvgIpc) is 2.03. The predicted octanol–water partition coefficient (Wildman–Crippen LogP) is 1.07. The minimum atomic E-state index is -4.29. The highest BCUT2D eigenvalue weighted by Crippen LogP contribution is 2.14. The van der Waals surface area contributed by atoms with Crippen LogP contribution in [0.3, 0.4) is 0 Å². The van der Waals surface area contributed by atoms with Crippen molar-refractivity contribution in [3.8, 4) is 6.07 Å². The van der Waals surface area contributed by atoms with Crippen LogP contribution < -0.4 is 5.32 Å². The molecule has 0 saturated carbocycles. The van der Waals surface area contributed by atoms with Gasteiger partial charge in [0.2, 0.25) is 0 Å². The van der Waals surface area contributed by atoms with E-state index in [-0.39, 0.29) is 13.0 Å². The van der Waals surface area contributed by atoms with Gasteiger partial charge in [0, 0.05) is 6.61 Å². The van der Waals surface area contributed by atoms with E-state index in [1.54, 1.807) is 7.05 Å². The Balaban J connectivity index is 3.41. The Kier molecular flexibility index (Phi) is 5.42. The molecule has 0 aliphatic heterocycles. The van der Waals surface area contributed by atoms with Crippen molar-refractivity contribution in [3.63, 3.8) is 0 Å². The molecular formula is C7H11F3N2O. The Morgan fingerprint density at radius 1 is 1.54 bits per heavy atom. The fourth-order valence-electron chi connectivity index (χ4n) is 0.663. The summed E-state index contributed by atoms with van der Waals surface area (Å²) in [5, 5.41) is 11.0. The highest BCUT2D eigenvalue weighted by Gasteiger charge is 2.27. The molecule has 0 aliphatic rings. The van der Waals surface area contributed by atoms with Gasteiger partial charge in [0.05, 0.1) is 12.1 Å². The van der Waals surface area contributed by atoms with Crippen molar-refractivity contribution in [3.05, 3.63) is 0 Å². The molecule has 0 radical (unpaired) electrons. The molecule has 1 atom stereocenters. The van der Waals surface area contributed by atoms with Gasteiger partial charge in [0.25, 0.3) is 0 Å². The number of ether oxygens (including phenoxy) is 1. The molecule has 0 aromatic heterocycles. The van der Waals surface area contributed by atoms with Gasteiger partial charge in [0.15, 0.2) is 0 Å². The van der Waals surface area contributed by atoms with Crippen molar-refractivity contribution >= 4 is 0 Å². The van der Waals surface area contributed by atoms with Gasteiger partial charge in [-0.25, -0.2) is 0 Å².